The average molecular weight is 358 g/mol. The third-order valence-electron chi connectivity index (χ3n) is 3.34. The average Bonchev–Trinajstić information content (AvgIpc) is 2.63. The van der Waals surface area contributed by atoms with Crippen LogP contribution in [0.25, 0.3) is 0 Å². The summed E-state index contributed by atoms with van der Waals surface area (Å²) in [4.78, 5) is 4.39. The van der Waals surface area contributed by atoms with Crippen LogP contribution in [-0.2, 0) is 0 Å². The van der Waals surface area contributed by atoms with Crippen LogP contribution in [0.1, 0.15) is 0 Å². The van der Waals surface area contributed by atoms with Gasteiger partial charge >= 0.3 is 0 Å². The lowest BCUT2D eigenvalue weighted by Gasteiger charge is -2.12. The number of halogens is 1. The predicted molar refractivity (Wildman–Crippen MR) is 97.4 cm³/mol. The van der Waals surface area contributed by atoms with Gasteiger partial charge in [-0.1, -0.05) is 23.7 Å². The minimum Gasteiger partial charge on any atom is -0.495 e. The zero-order valence-corrected chi connectivity index (χ0v) is 14.4. The second-order valence-electron chi connectivity index (χ2n) is 4.96. The SMILES string of the molecule is COc1ccc(Cl)cc1Nc1cnnc(Nc2ccccc2OC)n1. The molecule has 0 atom stereocenters. The van der Waals surface area contributed by atoms with Crippen molar-refractivity contribution in [3.63, 3.8) is 0 Å². The second-order valence-corrected chi connectivity index (χ2v) is 5.40. The van der Waals surface area contributed by atoms with Gasteiger partial charge in [0.05, 0.1) is 31.8 Å². The molecule has 0 saturated carbocycles. The molecule has 0 saturated heterocycles. The Kier molecular flexibility index (Phi) is 5.15. The quantitative estimate of drug-likeness (QED) is 0.689. The number of methoxy groups -OCH3 is 2. The van der Waals surface area contributed by atoms with Crippen molar-refractivity contribution in [2.45, 2.75) is 0 Å². The number of rotatable bonds is 6. The highest BCUT2D eigenvalue weighted by Gasteiger charge is 2.08. The van der Waals surface area contributed by atoms with Gasteiger partial charge in [-0.2, -0.15) is 10.1 Å². The second kappa shape index (κ2) is 7.67. The highest BCUT2D eigenvalue weighted by atomic mass is 35.5. The van der Waals surface area contributed by atoms with Gasteiger partial charge in [0, 0.05) is 5.02 Å². The number of aromatic nitrogens is 3. The lowest BCUT2D eigenvalue weighted by Crippen LogP contribution is -2.04. The maximum Gasteiger partial charge on any atom is 0.249 e. The minimum atomic E-state index is 0.329. The largest absolute Gasteiger partial charge is 0.495 e. The van der Waals surface area contributed by atoms with Gasteiger partial charge in [0.15, 0.2) is 5.82 Å². The lowest BCUT2D eigenvalue weighted by molar-refractivity contribution is 0.417. The molecule has 2 N–H and O–H groups in total. The fraction of sp³-hybridized carbons (Fsp3) is 0.118. The number of nitrogens with one attached hydrogen (secondary N) is 2. The Hall–Kier alpha value is -3.06. The summed E-state index contributed by atoms with van der Waals surface area (Å²) in [5, 5.41) is 14.7. The molecule has 0 unspecified atom stereocenters. The van der Waals surface area contributed by atoms with Gasteiger partial charge in [0.2, 0.25) is 5.95 Å². The molecule has 8 heteroatoms. The van der Waals surface area contributed by atoms with Gasteiger partial charge in [0.25, 0.3) is 0 Å². The van der Waals surface area contributed by atoms with Crippen molar-refractivity contribution in [3.8, 4) is 11.5 Å². The summed E-state index contributed by atoms with van der Waals surface area (Å²) in [7, 11) is 3.18. The van der Waals surface area contributed by atoms with Crippen molar-refractivity contribution in [1.29, 1.82) is 0 Å². The summed E-state index contributed by atoms with van der Waals surface area (Å²) in [6.45, 7) is 0. The summed E-state index contributed by atoms with van der Waals surface area (Å²) in [6, 6.07) is 12.7. The zero-order valence-electron chi connectivity index (χ0n) is 13.7. The molecule has 25 heavy (non-hydrogen) atoms. The first-order valence-electron chi connectivity index (χ1n) is 7.40. The molecule has 0 spiro atoms. The maximum atomic E-state index is 6.04. The van der Waals surface area contributed by atoms with Crippen LogP contribution in [0.4, 0.5) is 23.1 Å². The number of hydrogen-bond acceptors (Lipinski definition) is 7. The Bertz CT molecular complexity index is 875. The third-order valence-corrected chi connectivity index (χ3v) is 3.57. The number of para-hydroxylation sites is 2. The molecule has 1 aromatic heterocycles. The molecule has 0 radical (unpaired) electrons. The van der Waals surface area contributed by atoms with E-state index in [0.717, 1.165) is 5.69 Å². The van der Waals surface area contributed by atoms with Crippen molar-refractivity contribution >= 4 is 34.7 Å². The van der Waals surface area contributed by atoms with Crippen LogP contribution in [0.2, 0.25) is 5.02 Å². The molecule has 1 heterocycles. The number of hydrogen-bond donors (Lipinski definition) is 2. The Balaban J connectivity index is 1.84. The van der Waals surface area contributed by atoms with E-state index in [1.54, 1.807) is 32.4 Å². The Morgan fingerprint density at radius 3 is 2.48 bits per heavy atom. The van der Waals surface area contributed by atoms with Gasteiger partial charge in [-0.3, -0.25) is 0 Å². The molecular weight excluding hydrogens is 342 g/mol. The number of ether oxygens (including phenoxy) is 2. The molecule has 3 aromatic rings. The van der Waals surface area contributed by atoms with E-state index in [1.165, 1.54) is 6.20 Å². The summed E-state index contributed by atoms with van der Waals surface area (Å²) in [5.74, 6) is 2.15. The summed E-state index contributed by atoms with van der Waals surface area (Å²) in [6.07, 6.45) is 1.51. The van der Waals surface area contributed by atoms with Crippen LogP contribution in [0.3, 0.4) is 0 Å². The van der Waals surface area contributed by atoms with Crippen molar-refractivity contribution in [1.82, 2.24) is 15.2 Å². The topological polar surface area (TPSA) is 81.2 Å². The van der Waals surface area contributed by atoms with Crippen LogP contribution < -0.4 is 20.1 Å². The standard InChI is InChI=1S/C17H16ClN5O2/c1-24-14-6-4-3-5-12(14)21-17-22-16(10-19-23-17)20-13-9-11(18)7-8-15(13)25-2/h3-10H,1-2H3,(H2,20,21,22,23). The van der Waals surface area contributed by atoms with Crippen LogP contribution in [0, 0.1) is 0 Å². The van der Waals surface area contributed by atoms with Gasteiger partial charge in [-0.15, -0.1) is 5.10 Å². The first-order valence-corrected chi connectivity index (χ1v) is 7.77. The molecule has 0 amide bonds. The first-order chi connectivity index (χ1) is 12.2. The minimum absolute atomic E-state index is 0.329. The zero-order chi connectivity index (χ0) is 17.6. The number of benzene rings is 2. The predicted octanol–water partition coefficient (Wildman–Crippen LogP) is 4.03. The van der Waals surface area contributed by atoms with Crippen molar-refractivity contribution < 1.29 is 9.47 Å². The van der Waals surface area contributed by atoms with Crippen LogP contribution >= 0.6 is 11.6 Å². The van der Waals surface area contributed by atoms with E-state index in [1.807, 2.05) is 24.3 Å². The Morgan fingerprint density at radius 2 is 1.68 bits per heavy atom. The molecule has 2 aromatic carbocycles. The Labute approximate surface area is 150 Å². The normalized spacial score (nSPS) is 10.2. The van der Waals surface area contributed by atoms with Crippen LogP contribution in [0.5, 0.6) is 11.5 Å². The van der Waals surface area contributed by atoms with E-state index < -0.39 is 0 Å². The van der Waals surface area contributed by atoms with Gasteiger partial charge in [-0.05, 0) is 30.3 Å². The smallest absolute Gasteiger partial charge is 0.249 e. The monoisotopic (exact) mass is 357 g/mol. The lowest BCUT2D eigenvalue weighted by atomic mass is 10.3. The van der Waals surface area contributed by atoms with Gasteiger partial charge in [-0.25, -0.2) is 0 Å². The van der Waals surface area contributed by atoms with E-state index in [0.29, 0.717) is 34.0 Å². The molecule has 0 aliphatic carbocycles. The fourth-order valence-electron chi connectivity index (χ4n) is 2.20. The van der Waals surface area contributed by atoms with Crippen LogP contribution in [0.15, 0.2) is 48.7 Å². The summed E-state index contributed by atoms with van der Waals surface area (Å²) < 4.78 is 10.6. The van der Waals surface area contributed by atoms with Crippen molar-refractivity contribution in [2.75, 3.05) is 24.9 Å². The van der Waals surface area contributed by atoms with E-state index in [2.05, 4.69) is 25.8 Å². The first kappa shape index (κ1) is 16.8. The molecule has 0 fully saturated rings. The number of nitrogens with zero attached hydrogens (tertiary/aromatic N) is 3. The summed E-state index contributed by atoms with van der Waals surface area (Å²) in [5.41, 5.74) is 1.42. The van der Waals surface area contributed by atoms with E-state index in [4.69, 9.17) is 21.1 Å². The molecule has 0 bridgehead atoms. The van der Waals surface area contributed by atoms with Gasteiger partial charge in [0.1, 0.15) is 11.5 Å². The molecule has 0 aliphatic heterocycles. The van der Waals surface area contributed by atoms with Crippen molar-refractivity contribution in [2.24, 2.45) is 0 Å². The van der Waals surface area contributed by atoms with E-state index >= 15 is 0 Å². The van der Waals surface area contributed by atoms with Crippen LogP contribution in [-0.4, -0.2) is 29.4 Å². The highest BCUT2D eigenvalue weighted by Crippen LogP contribution is 2.30. The van der Waals surface area contributed by atoms with Gasteiger partial charge < -0.3 is 20.1 Å². The maximum absolute atomic E-state index is 6.04. The molecule has 3 rings (SSSR count). The molecule has 0 aliphatic rings. The summed E-state index contributed by atoms with van der Waals surface area (Å²) >= 11 is 6.04. The third kappa shape index (κ3) is 4.07. The van der Waals surface area contributed by atoms with Crippen molar-refractivity contribution in [3.05, 3.63) is 53.7 Å². The molecular formula is C17H16ClN5O2. The van der Waals surface area contributed by atoms with E-state index in [9.17, 15) is 0 Å². The number of anilines is 4. The Morgan fingerprint density at radius 1 is 0.920 bits per heavy atom. The molecule has 128 valence electrons. The highest BCUT2D eigenvalue weighted by molar-refractivity contribution is 6.31. The van der Waals surface area contributed by atoms with E-state index in [-0.39, 0.29) is 0 Å². The fourth-order valence-corrected chi connectivity index (χ4v) is 2.37. The molecule has 7 nitrogen and oxygen atoms in total.